The monoisotopic (exact) mass is 334 g/mol. The van der Waals surface area contributed by atoms with Crippen molar-refractivity contribution in [2.45, 2.75) is 0 Å². The zero-order valence-electron chi connectivity index (χ0n) is 13.6. The van der Waals surface area contributed by atoms with Gasteiger partial charge in [0.15, 0.2) is 0 Å². The van der Waals surface area contributed by atoms with Gasteiger partial charge >= 0.3 is 0 Å². The van der Waals surface area contributed by atoms with Crippen molar-refractivity contribution in [1.29, 1.82) is 0 Å². The summed E-state index contributed by atoms with van der Waals surface area (Å²) in [5.74, 6) is 0.458. The summed E-state index contributed by atoms with van der Waals surface area (Å²) in [7, 11) is 0. The second-order valence-corrected chi connectivity index (χ2v) is 5.52. The lowest BCUT2D eigenvalue weighted by Crippen LogP contribution is -2.12. The molecule has 2 aromatic carbocycles. The van der Waals surface area contributed by atoms with Gasteiger partial charge < -0.3 is 15.8 Å². The Hall–Kier alpha value is -3.25. The van der Waals surface area contributed by atoms with Gasteiger partial charge in [-0.25, -0.2) is 9.97 Å². The van der Waals surface area contributed by atoms with Gasteiger partial charge in [0, 0.05) is 29.4 Å². The molecule has 25 heavy (non-hydrogen) atoms. The Morgan fingerprint density at radius 3 is 2.76 bits per heavy atom. The molecule has 0 bridgehead atoms. The van der Waals surface area contributed by atoms with Gasteiger partial charge in [-0.2, -0.15) is 0 Å². The summed E-state index contributed by atoms with van der Waals surface area (Å²) >= 11 is 0. The summed E-state index contributed by atoms with van der Waals surface area (Å²) in [6.07, 6.45) is 3.21. The zero-order valence-corrected chi connectivity index (χ0v) is 13.6. The summed E-state index contributed by atoms with van der Waals surface area (Å²) in [6.45, 7) is 4.53. The molecule has 0 saturated heterocycles. The highest BCUT2D eigenvalue weighted by Crippen LogP contribution is 2.18. The average molecular weight is 334 g/mol. The number of rotatable bonds is 6. The fourth-order valence-corrected chi connectivity index (χ4v) is 2.20. The summed E-state index contributed by atoms with van der Waals surface area (Å²) in [5, 5.41) is 3.78. The summed E-state index contributed by atoms with van der Waals surface area (Å²) in [6, 6.07) is 12.4. The second kappa shape index (κ2) is 7.55. The Morgan fingerprint density at radius 2 is 2.00 bits per heavy atom. The Bertz CT molecular complexity index is 907. The van der Waals surface area contributed by atoms with Crippen molar-refractivity contribution in [2.75, 3.05) is 18.5 Å². The number of nitrogens with zero attached hydrogens (tertiary/aromatic N) is 2. The van der Waals surface area contributed by atoms with E-state index in [2.05, 4.69) is 21.9 Å². The van der Waals surface area contributed by atoms with Crippen molar-refractivity contribution in [3.63, 3.8) is 0 Å². The normalized spacial score (nSPS) is 10.4. The Kier molecular flexibility index (Phi) is 5.01. The Balaban J connectivity index is 1.66. The van der Waals surface area contributed by atoms with E-state index in [1.165, 1.54) is 6.33 Å². The minimum Gasteiger partial charge on any atom is -0.489 e. The van der Waals surface area contributed by atoms with Gasteiger partial charge in [-0.15, -0.1) is 0 Å². The minimum absolute atomic E-state index is 0.202. The maximum Gasteiger partial charge on any atom is 0.255 e. The van der Waals surface area contributed by atoms with Crippen LogP contribution in [-0.2, 0) is 0 Å². The van der Waals surface area contributed by atoms with Crippen LogP contribution >= 0.6 is 0 Å². The maximum absolute atomic E-state index is 12.4. The van der Waals surface area contributed by atoms with Crippen LogP contribution in [-0.4, -0.2) is 29.0 Å². The molecule has 0 saturated carbocycles. The molecule has 3 aromatic rings. The molecule has 3 rings (SSSR count). The molecule has 0 aliphatic carbocycles. The summed E-state index contributed by atoms with van der Waals surface area (Å²) in [4.78, 5) is 20.5. The van der Waals surface area contributed by atoms with Gasteiger partial charge in [-0.1, -0.05) is 6.58 Å². The first-order valence-corrected chi connectivity index (χ1v) is 7.76. The second-order valence-electron chi connectivity index (χ2n) is 5.52. The van der Waals surface area contributed by atoms with Crippen molar-refractivity contribution in [3.8, 4) is 5.75 Å². The predicted molar refractivity (Wildman–Crippen MR) is 97.6 cm³/mol. The van der Waals surface area contributed by atoms with Crippen molar-refractivity contribution >= 4 is 22.5 Å². The third kappa shape index (κ3) is 4.19. The number of nitrogens with one attached hydrogen (secondary N) is 1. The molecule has 126 valence electrons. The molecule has 0 aliphatic heterocycles. The minimum atomic E-state index is -0.202. The number of benzene rings is 2. The first kappa shape index (κ1) is 16.6. The van der Waals surface area contributed by atoms with Crippen molar-refractivity contribution < 1.29 is 9.53 Å². The number of carbonyl (C=O) groups excluding carboxylic acids is 1. The van der Waals surface area contributed by atoms with E-state index >= 15 is 0 Å². The van der Waals surface area contributed by atoms with E-state index in [0.29, 0.717) is 30.2 Å². The van der Waals surface area contributed by atoms with Gasteiger partial charge in [0.05, 0.1) is 5.52 Å². The van der Waals surface area contributed by atoms with Crippen LogP contribution in [0, 0.1) is 0 Å². The topological polar surface area (TPSA) is 90.1 Å². The molecule has 0 atom stereocenters. The molecular formula is C19H18N4O2. The van der Waals surface area contributed by atoms with E-state index in [1.807, 2.05) is 18.2 Å². The molecule has 0 radical (unpaired) electrons. The third-order valence-electron chi connectivity index (χ3n) is 3.61. The summed E-state index contributed by atoms with van der Waals surface area (Å²) in [5.41, 5.74) is 8.26. The number of aromatic nitrogens is 2. The van der Waals surface area contributed by atoms with Crippen LogP contribution in [0.2, 0.25) is 0 Å². The van der Waals surface area contributed by atoms with E-state index < -0.39 is 0 Å². The van der Waals surface area contributed by atoms with Gasteiger partial charge in [-0.3, -0.25) is 4.79 Å². The first-order chi connectivity index (χ1) is 12.2. The first-order valence-electron chi connectivity index (χ1n) is 7.76. The SMILES string of the molecule is C=C(CN)COc1ccc(C(=O)Nc2ccc3cncnc3c2)cc1. The fourth-order valence-electron chi connectivity index (χ4n) is 2.20. The lowest BCUT2D eigenvalue weighted by molar-refractivity contribution is 0.102. The predicted octanol–water partition coefficient (Wildman–Crippen LogP) is 2.78. The fraction of sp³-hybridized carbons (Fsp3) is 0.105. The number of hydrogen-bond donors (Lipinski definition) is 2. The number of nitrogens with two attached hydrogens (primary N) is 1. The zero-order chi connectivity index (χ0) is 17.6. The van der Waals surface area contributed by atoms with Gasteiger partial charge in [0.25, 0.3) is 5.91 Å². The van der Waals surface area contributed by atoms with E-state index in [-0.39, 0.29) is 5.91 Å². The highest BCUT2D eigenvalue weighted by molar-refractivity contribution is 6.05. The number of fused-ring (bicyclic) bond motifs is 1. The number of hydrogen-bond acceptors (Lipinski definition) is 5. The van der Waals surface area contributed by atoms with Gasteiger partial charge in [0.1, 0.15) is 18.7 Å². The third-order valence-corrected chi connectivity index (χ3v) is 3.61. The molecule has 3 N–H and O–H groups in total. The molecule has 0 fully saturated rings. The number of anilines is 1. The molecule has 0 spiro atoms. The highest BCUT2D eigenvalue weighted by Gasteiger charge is 2.07. The standard InChI is InChI=1S/C19H18N4O2/c1-13(9-20)11-25-17-6-3-14(4-7-17)19(24)23-16-5-2-15-10-21-12-22-18(15)8-16/h2-8,10,12H,1,9,11,20H2,(H,23,24). The van der Waals surface area contributed by atoms with Crippen LogP contribution in [0.25, 0.3) is 10.9 Å². The largest absolute Gasteiger partial charge is 0.489 e. The van der Waals surface area contributed by atoms with E-state index in [1.54, 1.807) is 30.5 Å². The number of carbonyl (C=O) groups is 1. The lowest BCUT2D eigenvalue weighted by atomic mass is 10.2. The molecule has 6 nitrogen and oxygen atoms in total. The van der Waals surface area contributed by atoms with Crippen LogP contribution in [0.1, 0.15) is 10.4 Å². The van der Waals surface area contributed by atoms with Crippen molar-refractivity contribution in [3.05, 3.63) is 72.7 Å². The Labute approximate surface area is 145 Å². The van der Waals surface area contributed by atoms with E-state index in [4.69, 9.17) is 10.5 Å². The molecule has 1 amide bonds. The molecule has 6 heteroatoms. The average Bonchev–Trinajstić information content (AvgIpc) is 2.66. The lowest BCUT2D eigenvalue weighted by Gasteiger charge is -2.09. The van der Waals surface area contributed by atoms with E-state index in [9.17, 15) is 4.79 Å². The van der Waals surface area contributed by atoms with Crippen LogP contribution < -0.4 is 15.8 Å². The van der Waals surface area contributed by atoms with Gasteiger partial charge in [0.2, 0.25) is 0 Å². The van der Waals surface area contributed by atoms with Crippen LogP contribution in [0.5, 0.6) is 5.75 Å². The smallest absolute Gasteiger partial charge is 0.255 e. The van der Waals surface area contributed by atoms with Crippen LogP contribution in [0.15, 0.2) is 67.1 Å². The maximum atomic E-state index is 12.4. The molecule has 0 unspecified atom stereocenters. The molecular weight excluding hydrogens is 316 g/mol. The number of amides is 1. The van der Waals surface area contributed by atoms with Gasteiger partial charge in [-0.05, 0) is 48.0 Å². The van der Waals surface area contributed by atoms with Crippen LogP contribution in [0.3, 0.4) is 0 Å². The van der Waals surface area contributed by atoms with Crippen molar-refractivity contribution in [1.82, 2.24) is 9.97 Å². The summed E-state index contributed by atoms with van der Waals surface area (Å²) < 4.78 is 5.53. The molecule has 1 heterocycles. The highest BCUT2D eigenvalue weighted by atomic mass is 16.5. The quantitative estimate of drug-likeness (QED) is 0.677. The van der Waals surface area contributed by atoms with Crippen LogP contribution in [0.4, 0.5) is 5.69 Å². The van der Waals surface area contributed by atoms with Crippen molar-refractivity contribution in [2.24, 2.45) is 5.73 Å². The Morgan fingerprint density at radius 1 is 1.20 bits per heavy atom. The molecule has 0 aliphatic rings. The van der Waals surface area contributed by atoms with E-state index in [0.717, 1.165) is 16.5 Å². The molecule has 1 aromatic heterocycles. The number of ether oxygens (including phenoxy) is 1.